The Balaban J connectivity index is 1.57. The zero-order chi connectivity index (χ0) is 16.5. The third-order valence-corrected chi connectivity index (χ3v) is 3.53. The number of amidine groups is 1. The normalized spacial score (nSPS) is 14.1. The van der Waals surface area contributed by atoms with Crippen LogP contribution in [0.3, 0.4) is 0 Å². The van der Waals surface area contributed by atoms with Crippen molar-refractivity contribution in [1.82, 2.24) is 10.3 Å². The van der Waals surface area contributed by atoms with Crippen molar-refractivity contribution in [2.75, 3.05) is 5.01 Å². The van der Waals surface area contributed by atoms with Crippen molar-refractivity contribution >= 4 is 34.8 Å². The first kappa shape index (κ1) is 14.1. The van der Waals surface area contributed by atoms with Crippen LogP contribution >= 0.6 is 0 Å². The summed E-state index contributed by atoms with van der Waals surface area (Å²) in [5.74, 6) is -0.373. The molecular weight excluding hydrogens is 308 g/mol. The molecule has 3 aromatic rings. The van der Waals surface area contributed by atoms with Gasteiger partial charge in [-0.15, -0.1) is 10.1 Å². The summed E-state index contributed by atoms with van der Waals surface area (Å²) in [6.07, 6.45) is -0.0166. The molecule has 4 rings (SSSR count). The zero-order valence-corrected chi connectivity index (χ0v) is 12.5. The van der Waals surface area contributed by atoms with Gasteiger partial charge in [0.15, 0.2) is 5.58 Å². The number of amides is 2. The van der Waals surface area contributed by atoms with Gasteiger partial charge in [0.25, 0.3) is 11.8 Å². The quantitative estimate of drug-likeness (QED) is 0.785. The predicted octanol–water partition coefficient (Wildman–Crippen LogP) is 2.31. The molecule has 1 aliphatic rings. The first-order chi connectivity index (χ1) is 11.7. The molecule has 0 atom stereocenters. The Bertz CT molecular complexity index is 929. The fourth-order valence-corrected chi connectivity index (χ4v) is 2.39. The minimum Gasteiger partial charge on any atom is -0.422 e. The van der Waals surface area contributed by atoms with Crippen molar-refractivity contribution in [3.63, 3.8) is 0 Å². The maximum atomic E-state index is 12.1. The molecule has 0 fully saturated rings. The first-order valence-corrected chi connectivity index (χ1v) is 7.33. The van der Waals surface area contributed by atoms with Crippen LogP contribution in [0.5, 0.6) is 0 Å². The summed E-state index contributed by atoms with van der Waals surface area (Å²) in [7, 11) is 0. The van der Waals surface area contributed by atoms with E-state index in [2.05, 4.69) is 15.4 Å². The Labute approximate surface area is 136 Å². The molecule has 1 N–H and O–H groups in total. The number of hydrogen-bond acceptors (Lipinski definition) is 5. The average molecular weight is 320 g/mol. The standard InChI is InChI=1S/C17H12N4O3/c22-15-10-14(19-16(23)11-6-2-1-3-7-11)20-21(15)17-18-12-8-4-5-9-13(12)24-17/h1-9H,10H2,(H,19,20,23). The van der Waals surface area contributed by atoms with E-state index in [0.29, 0.717) is 16.7 Å². The molecule has 7 heteroatoms. The molecule has 2 aromatic carbocycles. The minimum absolute atomic E-state index is 0.0166. The maximum absolute atomic E-state index is 12.1. The van der Waals surface area contributed by atoms with Crippen LogP contribution in [0.2, 0.25) is 0 Å². The molecular formula is C17H12N4O3. The number of aromatic nitrogens is 1. The second kappa shape index (κ2) is 5.62. The van der Waals surface area contributed by atoms with Crippen molar-refractivity contribution in [3.05, 3.63) is 60.2 Å². The van der Waals surface area contributed by atoms with E-state index in [9.17, 15) is 9.59 Å². The van der Waals surface area contributed by atoms with Crippen molar-refractivity contribution in [2.45, 2.75) is 6.42 Å². The molecule has 0 saturated carbocycles. The number of hydrogen-bond donors (Lipinski definition) is 1. The number of nitrogens with zero attached hydrogens (tertiary/aromatic N) is 3. The first-order valence-electron chi connectivity index (χ1n) is 7.33. The van der Waals surface area contributed by atoms with Gasteiger partial charge in [0.2, 0.25) is 0 Å². The van der Waals surface area contributed by atoms with Gasteiger partial charge in [-0.1, -0.05) is 30.3 Å². The molecule has 0 bridgehead atoms. The van der Waals surface area contributed by atoms with E-state index in [4.69, 9.17) is 4.42 Å². The Kier molecular flexibility index (Phi) is 3.31. The Morgan fingerprint density at radius 3 is 2.62 bits per heavy atom. The number of fused-ring (bicyclic) bond motifs is 1. The van der Waals surface area contributed by atoms with Gasteiger partial charge >= 0.3 is 6.01 Å². The van der Waals surface area contributed by atoms with Crippen LogP contribution in [-0.2, 0) is 4.79 Å². The third kappa shape index (κ3) is 2.52. The molecule has 2 heterocycles. The lowest BCUT2D eigenvalue weighted by molar-refractivity contribution is -0.117. The van der Waals surface area contributed by atoms with Gasteiger partial charge in [0.1, 0.15) is 11.4 Å². The van der Waals surface area contributed by atoms with Crippen LogP contribution < -0.4 is 10.3 Å². The van der Waals surface area contributed by atoms with Gasteiger partial charge in [-0.2, -0.15) is 4.98 Å². The highest BCUT2D eigenvalue weighted by atomic mass is 16.4. The van der Waals surface area contributed by atoms with Gasteiger partial charge in [0.05, 0.1) is 6.42 Å². The summed E-state index contributed by atoms with van der Waals surface area (Å²) in [5, 5.41) is 7.82. The highest BCUT2D eigenvalue weighted by molar-refractivity contribution is 6.17. The van der Waals surface area contributed by atoms with E-state index in [-0.39, 0.29) is 30.1 Å². The van der Waals surface area contributed by atoms with E-state index >= 15 is 0 Å². The molecule has 118 valence electrons. The van der Waals surface area contributed by atoms with Gasteiger partial charge < -0.3 is 9.73 Å². The molecule has 0 unspecified atom stereocenters. The number of carbonyl (C=O) groups is 2. The van der Waals surface area contributed by atoms with Crippen LogP contribution in [0, 0.1) is 0 Å². The van der Waals surface area contributed by atoms with Crippen LogP contribution in [-0.4, -0.2) is 22.6 Å². The lowest BCUT2D eigenvalue weighted by atomic mass is 10.2. The van der Waals surface area contributed by atoms with Crippen molar-refractivity contribution in [2.24, 2.45) is 5.10 Å². The number of hydrazone groups is 1. The summed E-state index contributed by atoms with van der Waals surface area (Å²) < 4.78 is 5.53. The fourth-order valence-electron chi connectivity index (χ4n) is 2.39. The minimum atomic E-state index is -0.318. The van der Waals surface area contributed by atoms with Crippen LogP contribution in [0.15, 0.2) is 64.1 Å². The Morgan fingerprint density at radius 2 is 1.83 bits per heavy atom. The van der Waals surface area contributed by atoms with E-state index in [0.717, 1.165) is 5.01 Å². The number of anilines is 1. The van der Waals surface area contributed by atoms with Crippen LogP contribution in [0.1, 0.15) is 16.8 Å². The molecule has 1 aromatic heterocycles. The highest BCUT2D eigenvalue weighted by Gasteiger charge is 2.30. The Morgan fingerprint density at radius 1 is 1.08 bits per heavy atom. The molecule has 2 amide bonds. The number of oxazole rings is 1. The van der Waals surface area contributed by atoms with Gasteiger partial charge in [0, 0.05) is 5.56 Å². The van der Waals surface area contributed by atoms with Gasteiger partial charge in [-0.05, 0) is 24.3 Å². The molecule has 1 aliphatic heterocycles. The number of carbonyl (C=O) groups excluding carboxylic acids is 2. The van der Waals surface area contributed by atoms with Crippen LogP contribution in [0.4, 0.5) is 6.01 Å². The SMILES string of the molecule is O=C(NC1=NN(c2nc3ccccc3o2)C(=O)C1)c1ccccc1. The van der Waals surface area contributed by atoms with E-state index in [1.807, 2.05) is 18.2 Å². The van der Waals surface area contributed by atoms with E-state index < -0.39 is 0 Å². The van der Waals surface area contributed by atoms with Crippen molar-refractivity contribution in [3.8, 4) is 0 Å². The maximum Gasteiger partial charge on any atom is 0.327 e. The molecule has 0 spiro atoms. The van der Waals surface area contributed by atoms with E-state index in [1.54, 1.807) is 36.4 Å². The smallest absolute Gasteiger partial charge is 0.327 e. The molecule has 7 nitrogen and oxygen atoms in total. The van der Waals surface area contributed by atoms with Gasteiger partial charge in [-0.25, -0.2) is 0 Å². The fraction of sp³-hybridized carbons (Fsp3) is 0.0588. The number of para-hydroxylation sites is 2. The number of benzene rings is 2. The highest BCUT2D eigenvalue weighted by Crippen LogP contribution is 2.24. The van der Waals surface area contributed by atoms with Crippen molar-refractivity contribution < 1.29 is 14.0 Å². The lowest BCUT2D eigenvalue weighted by Gasteiger charge is -2.04. The van der Waals surface area contributed by atoms with E-state index in [1.165, 1.54) is 0 Å². The van der Waals surface area contributed by atoms with Gasteiger partial charge in [-0.3, -0.25) is 9.59 Å². The number of rotatable bonds is 2. The molecule has 24 heavy (non-hydrogen) atoms. The topological polar surface area (TPSA) is 87.8 Å². The van der Waals surface area contributed by atoms with Crippen molar-refractivity contribution in [1.29, 1.82) is 0 Å². The third-order valence-electron chi connectivity index (χ3n) is 3.53. The lowest BCUT2D eigenvalue weighted by Crippen LogP contribution is -2.29. The summed E-state index contributed by atoms with van der Waals surface area (Å²) >= 11 is 0. The average Bonchev–Trinajstić information content (AvgIpc) is 3.18. The van der Waals surface area contributed by atoms with Crippen LogP contribution in [0.25, 0.3) is 11.1 Å². The predicted molar refractivity (Wildman–Crippen MR) is 87.5 cm³/mol. The zero-order valence-electron chi connectivity index (χ0n) is 12.5. The molecule has 0 radical (unpaired) electrons. The summed E-state index contributed by atoms with van der Waals surface area (Å²) in [6, 6.07) is 16.0. The monoisotopic (exact) mass is 320 g/mol. The molecule has 0 aliphatic carbocycles. The molecule has 0 saturated heterocycles. The second-order valence-electron chi connectivity index (χ2n) is 5.21. The number of nitrogens with one attached hydrogen (secondary N) is 1. The summed E-state index contributed by atoms with van der Waals surface area (Å²) in [6.45, 7) is 0. The second-order valence-corrected chi connectivity index (χ2v) is 5.21. The largest absolute Gasteiger partial charge is 0.422 e. The summed E-state index contributed by atoms with van der Waals surface area (Å²) in [5.41, 5.74) is 1.70. The summed E-state index contributed by atoms with van der Waals surface area (Å²) in [4.78, 5) is 28.5. The Hall–Kier alpha value is -3.48.